The standard InChI is InChI=1S/C32H56O12S/c1-16(2)23(43-29-27(37)26(36)24(15-42-29)44-45(39,40)41)7-6-17(3)19-13-21(34)28-31(19,5)11-9-25-30(4)10-8-18(33)12-20(30)22(35)14-32(25,28)38/h16-29,33-38H,6-15H2,1-5H3,(H,39,40,41)/t17-,18+,19-,20+,21?,22+,23+,24-,25?,26-,27-,28?,29+,30-,31-,32?/m1/s1. The Bertz CT molecular complexity index is 1150. The van der Waals surface area contributed by atoms with Gasteiger partial charge in [-0.1, -0.05) is 34.6 Å². The van der Waals surface area contributed by atoms with Crippen LogP contribution in [0.5, 0.6) is 0 Å². The summed E-state index contributed by atoms with van der Waals surface area (Å²) < 4.78 is 47.1. The zero-order chi connectivity index (χ0) is 33.3. The third kappa shape index (κ3) is 6.50. The number of hydrogen-bond donors (Lipinski definition) is 7. The second kappa shape index (κ2) is 12.8. The van der Waals surface area contributed by atoms with Crippen LogP contribution < -0.4 is 0 Å². The summed E-state index contributed by atoms with van der Waals surface area (Å²) in [6, 6.07) is 0. The van der Waals surface area contributed by atoms with Gasteiger partial charge < -0.3 is 40.1 Å². The van der Waals surface area contributed by atoms with Gasteiger partial charge in [-0.05, 0) is 91.8 Å². The molecule has 262 valence electrons. The number of hydrogen-bond acceptors (Lipinski definition) is 11. The zero-order valence-corrected chi connectivity index (χ0v) is 28.1. The maximum atomic E-state index is 12.5. The van der Waals surface area contributed by atoms with Crippen LogP contribution in [0.3, 0.4) is 0 Å². The van der Waals surface area contributed by atoms with Gasteiger partial charge in [0, 0.05) is 12.3 Å². The summed E-state index contributed by atoms with van der Waals surface area (Å²) >= 11 is 0. The minimum atomic E-state index is -4.85. The van der Waals surface area contributed by atoms with E-state index in [4.69, 9.17) is 14.0 Å². The minimum Gasteiger partial charge on any atom is -0.393 e. The van der Waals surface area contributed by atoms with Crippen molar-refractivity contribution in [3.05, 3.63) is 0 Å². The van der Waals surface area contributed by atoms with Crippen molar-refractivity contribution in [3.63, 3.8) is 0 Å². The molecule has 1 heterocycles. The van der Waals surface area contributed by atoms with E-state index in [2.05, 4.69) is 25.0 Å². The van der Waals surface area contributed by atoms with Crippen LogP contribution in [0.25, 0.3) is 0 Å². The van der Waals surface area contributed by atoms with Crippen molar-refractivity contribution in [1.29, 1.82) is 0 Å². The highest BCUT2D eigenvalue weighted by atomic mass is 32.3. The Kier molecular flexibility index (Phi) is 10.2. The average Bonchev–Trinajstić information content (AvgIpc) is 3.21. The molecule has 45 heavy (non-hydrogen) atoms. The van der Waals surface area contributed by atoms with Crippen LogP contribution in [0.4, 0.5) is 0 Å². The molecule has 4 aliphatic carbocycles. The lowest BCUT2D eigenvalue weighted by Gasteiger charge is -2.66. The Hall–Kier alpha value is -0.450. The fraction of sp³-hybridized carbons (Fsp3) is 1.00. The Morgan fingerprint density at radius 1 is 0.911 bits per heavy atom. The topological polar surface area (TPSA) is 203 Å². The number of ether oxygens (including phenoxy) is 2. The Labute approximate surface area is 267 Å². The molecule has 1 aliphatic heterocycles. The fourth-order valence-corrected chi connectivity index (χ4v) is 11.4. The van der Waals surface area contributed by atoms with Crippen LogP contribution in [0.15, 0.2) is 0 Å². The van der Waals surface area contributed by atoms with Crippen LogP contribution in [0.1, 0.15) is 92.4 Å². The fourth-order valence-electron chi connectivity index (χ4n) is 10.9. The lowest BCUT2D eigenvalue weighted by molar-refractivity contribution is -0.284. The first-order valence-corrected chi connectivity index (χ1v) is 18.2. The first kappa shape index (κ1) is 35.8. The third-order valence-electron chi connectivity index (χ3n) is 13.1. The summed E-state index contributed by atoms with van der Waals surface area (Å²) in [5.41, 5.74) is -1.82. The molecule has 5 aliphatic rings. The summed E-state index contributed by atoms with van der Waals surface area (Å²) in [7, 11) is -4.85. The van der Waals surface area contributed by atoms with Gasteiger partial charge in [0.15, 0.2) is 6.29 Å². The number of rotatable bonds is 9. The van der Waals surface area contributed by atoms with E-state index in [1.54, 1.807) is 0 Å². The maximum absolute atomic E-state index is 12.5. The predicted octanol–water partition coefficient (Wildman–Crippen LogP) is 1.79. The molecule has 7 N–H and O–H groups in total. The van der Waals surface area contributed by atoms with Crippen LogP contribution in [0, 0.1) is 46.3 Å². The van der Waals surface area contributed by atoms with Crippen molar-refractivity contribution in [2.75, 3.05) is 6.61 Å². The van der Waals surface area contributed by atoms with Gasteiger partial charge >= 0.3 is 10.4 Å². The molecule has 0 aromatic heterocycles. The third-order valence-corrected chi connectivity index (χ3v) is 13.6. The van der Waals surface area contributed by atoms with Crippen LogP contribution >= 0.6 is 0 Å². The molecule has 5 fully saturated rings. The molecule has 1 saturated heterocycles. The normalized spacial score (nSPS) is 50.0. The van der Waals surface area contributed by atoms with Crippen LogP contribution in [-0.4, -0.2) is 105 Å². The molecule has 4 unspecified atom stereocenters. The van der Waals surface area contributed by atoms with Gasteiger partial charge in [-0.2, -0.15) is 8.42 Å². The summed E-state index contributed by atoms with van der Waals surface area (Å²) in [5, 5.41) is 66.8. The van der Waals surface area contributed by atoms with Crippen LogP contribution in [0.2, 0.25) is 0 Å². The van der Waals surface area contributed by atoms with Crippen molar-refractivity contribution in [1.82, 2.24) is 0 Å². The first-order chi connectivity index (χ1) is 20.8. The molecule has 5 rings (SSSR count). The second-order valence-electron chi connectivity index (χ2n) is 16.0. The first-order valence-electron chi connectivity index (χ1n) is 16.9. The molecule has 0 aromatic rings. The molecule has 16 atom stereocenters. The Morgan fingerprint density at radius 3 is 2.22 bits per heavy atom. The Morgan fingerprint density at radius 2 is 1.58 bits per heavy atom. The number of aliphatic hydroxyl groups excluding tert-OH is 5. The lowest BCUT2D eigenvalue weighted by Crippen LogP contribution is -2.68. The lowest BCUT2D eigenvalue weighted by atomic mass is 9.42. The zero-order valence-electron chi connectivity index (χ0n) is 27.2. The molecule has 12 nitrogen and oxygen atoms in total. The molecule has 0 bridgehead atoms. The van der Waals surface area contributed by atoms with Gasteiger partial charge in [0.05, 0.1) is 36.6 Å². The van der Waals surface area contributed by atoms with Crippen molar-refractivity contribution in [3.8, 4) is 0 Å². The summed E-state index contributed by atoms with van der Waals surface area (Å²) in [4.78, 5) is 0. The van der Waals surface area contributed by atoms with Crippen molar-refractivity contribution < 1.29 is 57.3 Å². The van der Waals surface area contributed by atoms with Gasteiger partial charge in [0.2, 0.25) is 0 Å². The van der Waals surface area contributed by atoms with Crippen molar-refractivity contribution >= 4 is 10.4 Å². The maximum Gasteiger partial charge on any atom is 0.397 e. The predicted molar refractivity (Wildman–Crippen MR) is 162 cm³/mol. The number of fused-ring (bicyclic) bond motifs is 5. The van der Waals surface area contributed by atoms with E-state index in [1.807, 2.05) is 13.8 Å². The van der Waals surface area contributed by atoms with Crippen LogP contribution in [-0.2, 0) is 24.1 Å². The van der Waals surface area contributed by atoms with E-state index < -0.39 is 65.5 Å². The average molecular weight is 665 g/mol. The van der Waals surface area contributed by atoms with E-state index in [0.717, 1.165) is 25.7 Å². The molecular weight excluding hydrogens is 608 g/mol. The molecular formula is C32H56O12S. The monoisotopic (exact) mass is 664 g/mol. The summed E-state index contributed by atoms with van der Waals surface area (Å²) in [6.45, 7) is 10.1. The highest BCUT2D eigenvalue weighted by molar-refractivity contribution is 7.80. The van der Waals surface area contributed by atoms with E-state index in [0.29, 0.717) is 25.7 Å². The molecule has 13 heteroatoms. The largest absolute Gasteiger partial charge is 0.397 e. The van der Waals surface area contributed by atoms with E-state index in [-0.39, 0.29) is 58.9 Å². The van der Waals surface area contributed by atoms with Gasteiger partial charge in [0.25, 0.3) is 0 Å². The quantitative estimate of drug-likeness (QED) is 0.176. The molecule has 0 amide bonds. The van der Waals surface area contributed by atoms with E-state index >= 15 is 0 Å². The highest BCUT2D eigenvalue weighted by Crippen LogP contribution is 2.69. The number of aliphatic hydroxyl groups is 6. The van der Waals surface area contributed by atoms with E-state index in [1.165, 1.54) is 0 Å². The van der Waals surface area contributed by atoms with E-state index in [9.17, 15) is 39.1 Å². The SMILES string of the molecule is CC(C)[C@H](CC[C@@H](C)[C@H]1CC(O)C2C3(O)C[C@H](O)[C@@H]4C[C@@H](O)CC[C@@]4(C)C3CC[C@@]21C)O[C@@H]1OC[C@@H](OS(=O)(=O)O)[C@@H](O)[C@H]1O. The van der Waals surface area contributed by atoms with Gasteiger partial charge in [-0.3, -0.25) is 4.55 Å². The van der Waals surface area contributed by atoms with Crippen molar-refractivity contribution in [2.24, 2.45) is 46.3 Å². The van der Waals surface area contributed by atoms with Gasteiger partial charge in [0.1, 0.15) is 18.3 Å². The Balaban J connectivity index is 1.25. The van der Waals surface area contributed by atoms with Gasteiger partial charge in [-0.25, -0.2) is 4.18 Å². The molecule has 0 aromatic carbocycles. The van der Waals surface area contributed by atoms with Crippen molar-refractivity contribution in [2.45, 2.75) is 147 Å². The molecule has 0 spiro atoms. The smallest absolute Gasteiger partial charge is 0.393 e. The highest BCUT2D eigenvalue weighted by Gasteiger charge is 2.70. The molecule has 4 saturated carbocycles. The summed E-state index contributed by atoms with van der Waals surface area (Å²) in [5.74, 6) is -0.161. The summed E-state index contributed by atoms with van der Waals surface area (Å²) in [6.07, 6.45) is -2.36. The second-order valence-corrected chi connectivity index (χ2v) is 17.1. The minimum absolute atomic E-state index is 0.0250. The molecule has 0 radical (unpaired) electrons. The van der Waals surface area contributed by atoms with Gasteiger partial charge in [-0.15, -0.1) is 0 Å².